The molecule has 0 spiro atoms. The van der Waals surface area contributed by atoms with E-state index in [1.54, 1.807) is 0 Å². The highest BCUT2D eigenvalue weighted by atomic mass is 19.4. The van der Waals surface area contributed by atoms with Crippen LogP contribution in [0.3, 0.4) is 0 Å². The molecular weight excluding hydrogens is 297 g/mol. The topological polar surface area (TPSA) is 54.2 Å². The van der Waals surface area contributed by atoms with Crippen molar-refractivity contribution in [1.29, 1.82) is 5.26 Å². The van der Waals surface area contributed by atoms with E-state index in [4.69, 9.17) is 11.8 Å². The number of hydrogen-bond acceptors (Lipinski definition) is 3. The van der Waals surface area contributed by atoms with Gasteiger partial charge in [-0.25, -0.2) is 6.57 Å². The Morgan fingerprint density at radius 3 is 2.33 bits per heavy atom. The first kappa shape index (κ1) is 16.9. The second kappa shape index (κ2) is 5.68. The molecule has 21 heavy (non-hydrogen) atoms. The Morgan fingerprint density at radius 2 is 1.95 bits per heavy atom. The Bertz CT molecular complexity index is 559. The number of nitrogens with zero attached hydrogens (tertiary/aromatic N) is 3. The molecule has 1 aromatic rings. The molecule has 1 atom stereocenters. The zero-order valence-electron chi connectivity index (χ0n) is 10.8. The number of aromatic nitrogens is 1. The number of hydrogen-bond donors (Lipinski definition) is 0. The van der Waals surface area contributed by atoms with Gasteiger partial charge < -0.3 is 4.52 Å². The molecule has 0 saturated heterocycles. The van der Waals surface area contributed by atoms with Crippen LogP contribution in [-0.2, 0) is 12.3 Å². The molecule has 1 unspecified atom stereocenters. The molecule has 1 aromatic heterocycles. The summed E-state index contributed by atoms with van der Waals surface area (Å²) in [7, 11) is 0. The van der Waals surface area contributed by atoms with Crippen LogP contribution in [0.1, 0.15) is 31.2 Å². The van der Waals surface area contributed by atoms with Crippen LogP contribution >= 0.6 is 0 Å². The van der Waals surface area contributed by atoms with Gasteiger partial charge in [-0.05, 0) is 0 Å². The first-order valence-electron chi connectivity index (χ1n) is 5.72. The lowest BCUT2D eigenvalue weighted by atomic mass is 9.90. The monoisotopic (exact) mass is 307 g/mol. The van der Waals surface area contributed by atoms with E-state index >= 15 is 0 Å². The summed E-state index contributed by atoms with van der Waals surface area (Å²) >= 11 is 0. The molecule has 0 saturated carbocycles. The van der Waals surface area contributed by atoms with Crippen LogP contribution in [-0.4, -0.2) is 16.9 Å². The fraction of sp³-hybridized carbons (Fsp3) is 0.583. The third kappa shape index (κ3) is 4.71. The molecule has 114 valence electrons. The van der Waals surface area contributed by atoms with Crippen molar-refractivity contribution in [2.75, 3.05) is 0 Å². The van der Waals surface area contributed by atoms with E-state index in [1.807, 2.05) is 0 Å². The van der Waals surface area contributed by atoms with E-state index in [-0.39, 0.29) is 5.69 Å². The lowest BCUT2D eigenvalue weighted by Gasteiger charge is -2.14. The molecule has 0 N–H and O–H groups in total. The second-order valence-electron chi connectivity index (χ2n) is 4.62. The summed E-state index contributed by atoms with van der Waals surface area (Å²) < 4.78 is 66.9. The molecule has 0 radical (unpaired) electrons. The molecule has 0 aromatic carbocycles. The standard InChI is InChI=1S/C12H10F5N3O/c1-10(13,14)9-5-8(20-21-9)6-11(7-18,19-2)3-4-12(15,16)17/h5H,3-4,6H2,1H3. The third-order valence-electron chi connectivity index (χ3n) is 2.71. The molecule has 1 heterocycles. The molecule has 0 fully saturated rings. The maximum Gasteiger partial charge on any atom is 0.389 e. The summed E-state index contributed by atoms with van der Waals surface area (Å²) in [6, 6.07) is 2.35. The Morgan fingerprint density at radius 1 is 1.33 bits per heavy atom. The van der Waals surface area contributed by atoms with Crippen molar-refractivity contribution in [1.82, 2.24) is 5.16 Å². The van der Waals surface area contributed by atoms with Gasteiger partial charge in [0.1, 0.15) is 0 Å². The summed E-state index contributed by atoms with van der Waals surface area (Å²) in [6.07, 6.45) is -7.11. The lowest BCUT2D eigenvalue weighted by Crippen LogP contribution is -2.28. The summed E-state index contributed by atoms with van der Waals surface area (Å²) in [5.74, 6) is -4.07. The maximum atomic E-state index is 13.0. The zero-order valence-corrected chi connectivity index (χ0v) is 10.8. The summed E-state index contributed by atoms with van der Waals surface area (Å²) in [5.41, 5.74) is -2.17. The smallest absolute Gasteiger partial charge is 0.355 e. The highest BCUT2D eigenvalue weighted by molar-refractivity contribution is 5.23. The van der Waals surface area contributed by atoms with Crippen LogP contribution in [0.5, 0.6) is 0 Å². The van der Waals surface area contributed by atoms with Gasteiger partial charge >= 0.3 is 17.6 Å². The number of alkyl halides is 5. The van der Waals surface area contributed by atoms with Gasteiger partial charge in [-0.1, -0.05) is 5.16 Å². The van der Waals surface area contributed by atoms with Crippen LogP contribution in [0.2, 0.25) is 0 Å². The fourth-order valence-corrected chi connectivity index (χ4v) is 1.55. The molecule has 4 nitrogen and oxygen atoms in total. The van der Waals surface area contributed by atoms with Crippen molar-refractivity contribution in [3.05, 3.63) is 28.9 Å². The molecule has 9 heteroatoms. The number of nitriles is 1. The predicted molar refractivity (Wildman–Crippen MR) is 60.0 cm³/mol. The van der Waals surface area contributed by atoms with E-state index in [0.717, 1.165) is 6.07 Å². The predicted octanol–water partition coefficient (Wildman–Crippen LogP) is 3.85. The molecule has 0 bridgehead atoms. The van der Waals surface area contributed by atoms with Crippen molar-refractivity contribution in [2.45, 2.75) is 43.8 Å². The van der Waals surface area contributed by atoms with E-state index in [2.05, 4.69) is 14.5 Å². The van der Waals surface area contributed by atoms with Crippen LogP contribution in [0, 0.1) is 17.9 Å². The van der Waals surface area contributed by atoms with E-state index < -0.39 is 42.7 Å². The van der Waals surface area contributed by atoms with Gasteiger partial charge in [0.25, 0.3) is 0 Å². The van der Waals surface area contributed by atoms with Gasteiger partial charge in [-0.15, -0.1) is 0 Å². The first-order valence-corrected chi connectivity index (χ1v) is 5.72. The van der Waals surface area contributed by atoms with Gasteiger partial charge in [0.15, 0.2) is 6.07 Å². The molecular formula is C12H10F5N3O. The maximum absolute atomic E-state index is 13.0. The minimum absolute atomic E-state index is 0.161. The van der Waals surface area contributed by atoms with Crippen molar-refractivity contribution < 1.29 is 26.5 Å². The Hall–Kier alpha value is -2.16. The summed E-state index contributed by atoms with van der Waals surface area (Å²) in [6.45, 7) is 7.49. The molecule has 0 aliphatic heterocycles. The van der Waals surface area contributed by atoms with Crippen LogP contribution in [0.4, 0.5) is 22.0 Å². The van der Waals surface area contributed by atoms with Crippen molar-refractivity contribution in [2.24, 2.45) is 0 Å². The molecule has 0 aliphatic carbocycles. The minimum atomic E-state index is -4.52. The Balaban J connectivity index is 2.92. The van der Waals surface area contributed by atoms with Gasteiger partial charge in [0, 0.05) is 19.4 Å². The fourth-order valence-electron chi connectivity index (χ4n) is 1.55. The SMILES string of the molecule is [C-]#[N+]C(C#N)(CCC(F)(F)F)Cc1cc(C(C)(F)F)on1. The Labute approximate surface area is 117 Å². The van der Waals surface area contributed by atoms with Gasteiger partial charge in [0.2, 0.25) is 5.76 Å². The molecule has 0 aliphatic rings. The van der Waals surface area contributed by atoms with Gasteiger partial charge in [-0.2, -0.15) is 27.2 Å². The molecule has 1 rings (SSSR count). The highest BCUT2D eigenvalue weighted by Gasteiger charge is 2.43. The average molecular weight is 307 g/mol. The second-order valence-corrected chi connectivity index (χ2v) is 4.62. The van der Waals surface area contributed by atoms with Gasteiger partial charge in [0.05, 0.1) is 18.5 Å². The first-order chi connectivity index (χ1) is 9.51. The van der Waals surface area contributed by atoms with Crippen LogP contribution in [0.25, 0.3) is 4.85 Å². The van der Waals surface area contributed by atoms with Gasteiger partial charge in [-0.3, -0.25) is 4.85 Å². The molecule has 0 amide bonds. The van der Waals surface area contributed by atoms with Crippen LogP contribution < -0.4 is 0 Å². The summed E-state index contributed by atoms with van der Waals surface area (Å²) in [5, 5.41) is 12.2. The largest absolute Gasteiger partial charge is 0.389 e. The number of halogens is 5. The number of rotatable bonds is 5. The van der Waals surface area contributed by atoms with E-state index in [9.17, 15) is 22.0 Å². The third-order valence-corrected chi connectivity index (χ3v) is 2.71. The van der Waals surface area contributed by atoms with E-state index in [0.29, 0.717) is 6.92 Å². The van der Waals surface area contributed by atoms with Crippen molar-refractivity contribution in [3.8, 4) is 6.07 Å². The van der Waals surface area contributed by atoms with Crippen LogP contribution in [0.15, 0.2) is 10.6 Å². The zero-order chi connectivity index (χ0) is 16.3. The normalized spacial score (nSPS) is 15.0. The average Bonchev–Trinajstić information content (AvgIpc) is 2.82. The highest BCUT2D eigenvalue weighted by Crippen LogP contribution is 2.32. The van der Waals surface area contributed by atoms with Crippen molar-refractivity contribution in [3.63, 3.8) is 0 Å². The summed E-state index contributed by atoms with van der Waals surface area (Å²) in [4.78, 5) is 2.93. The van der Waals surface area contributed by atoms with Crippen molar-refractivity contribution >= 4 is 0 Å². The Kier molecular flexibility index (Phi) is 4.57. The van der Waals surface area contributed by atoms with E-state index in [1.165, 1.54) is 6.07 Å². The lowest BCUT2D eigenvalue weighted by molar-refractivity contribution is -0.136. The minimum Gasteiger partial charge on any atom is -0.355 e. The quantitative estimate of drug-likeness (QED) is 0.613.